The van der Waals surface area contributed by atoms with Crippen molar-refractivity contribution in [3.63, 3.8) is 0 Å². The summed E-state index contributed by atoms with van der Waals surface area (Å²) in [7, 11) is -4.66. The Morgan fingerprint density at radius 2 is 1.15 bits per heavy atom. The Morgan fingerprint density at radius 1 is 0.625 bits per heavy atom. The van der Waals surface area contributed by atoms with Crippen LogP contribution in [0.4, 0.5) is 0 Å². The first-order valence-corrected chi connectivity index (χ1v) is 22.1. The molecule has 1 saturated heterocycles. The predicted molar refractivity (Wildman–Crippen MR) is 200 cm³/mol. The van der Waals surface area contributed by atoms with Crippen molar-refractivity contribution in [1.82, 2.24) is 10.2 Å². The van der Waals surface area contributed by atoms with Gasteiger partial charge in [0.1, 0.15) is 0 Å². The summed E-state index contributed by atoms with van der Waals surface area (Å²) < 4.78 is 47.3. The highest BCUT2D eigenvalue weighted by atomic mass is 32.4. The summed E-state index contributed by atoms with van der Waals surface area (Å²) in [6.07, 6.45) is 11.8. The molecule has 11 nitrogen and oxygen atoms in total. The first kappa shape index (κ1) is 45.9. The summed E-state index contributed by atoms with van der Waals surface area (Å²) in [5.74, 6) is 1.16. The van der Waals surface area contributed by atoms with Gasteiger partial charge in [-0.1, -0.05) is 88.2 Å². The van der Waals surface area contributed by atoms with E-state index in [1.807, 2.05) is 0 Å². The molecule has 0 radical (unpaired) electrons. The van der Waals surface area contributed by atoms with Crippen molar-refractivity contribution in [2.45, 2.75) is 129 Å². The van der Waals surface area contributed by atoms with Gasteiger partial charge in [-0.2, -0.15) is 0 Å². The van der Waals surface area contributed by atoms with E-state index in [-0.39, 0.29) is 30.5 Å². The molecule has 0 saturated carbocycles. The zero-order chi connectivity index (χ0) is 35.8. The number of rotatable bonds is 35. The molecule has 5 unspecified atom stereocenters. The fraction of sp³-hybridized carbons (Fsp3) is 1.00. The molecule has 5 atom stereocenters. The average molecular weight is 715 g/mol. The third kappa shape index (κ3) is 23.4. The van der Waals surface area contributed by atoms with Crippen LogP contribution < -0.4 is 5.32 Å². The molecule has 7 N–H and O–H groups in total. The second-order valence-electron chi connectivity index (χ2n) is 14.8. The third-order valence-corrected chi connectivity index (χ3v) is 13.2. The Kier molecular flexibility index (Phi) is 23.2. The molecule has 1 rings (SSSR count). The van der Waals surface area contributed by atoms with Crippen LogP contribution in [0.2, 0.25) is 0 Å². The van der Waals surface area contributed by atoms with Gasteiger partial charge >= 0.3 is 0 Å². The van der Waals surface area contributed by atoms with E-state index in [9.17, 15) is 29.0 Å². The largest absolute Gasteiger partial charge is 0.389 e. The van der Waals surface area contributed by atoms with Gasteiger partial charge in [0.25, 0.3) is 0 Å². The van der Waals surface area contributed by atoms with E-state index < -0.39 is 27.4 Å². The number of nitrogens with one attached hydrogen (secondary N) is 1. The lowest BCUT2D eigenvalue weighted by molar-refractivity contribution is -0.0207. The summed E-state index contributed by atoms with van der Waals surface area (Å²) in [4.78, 5) is 2.15. The lowest BCUT2D eigenvalue weighted by atomic mass is 10.0. The second kappa shape index (κ2) is 24.2. The van der Waals surface area contributed by atoms with Gasteiger partial charge in [0.15, 0.2) is 0 Å². The summed E-state index contributed by atoms with van der Waals surface area (Å²) in [5, 5.41) is 35.0. The van der Waals surface area contributed by atoms with Gasteiger partial charge in [-0.3, -0.25) is 4.90 Å². The van der Waals surface area contributed by atoms with Gasteiger partial charge in [0.2, 0.25) is 0 Å². The maximum Gasteiger partial charge on any atom is 0.0900 e. The molecule has 0 amide bonds. The molecule has 292 valence electrons. The predicted octanol–water partition coefficient (Wildman–Crippen LogP) is 5.70. The van der Waals surface area contributed by atoms with E-state index in [0.29, 0.717) is 64.3 Å². The van der Waals surface area contributed by atoms with Gasteiger partial charge in [-0.25, -0.2) is 0 Å². The molecule has 0 aromatic heterocycles. The van der Waals surface area contributed by atoms with Crippen LogP contribution in [0.25, 0.3) is 0 Å². The third-order valence-electron chi connectivity index (χ3n) is 9.66. The highest BCUT2D eigenvalue weighted by Gasteiger charge is 2.65. The van der Waals surface area contributed by atoms with Gasteiger partial charge in [-0.05, 0) is 57.0 Å². The highest BCUT2D eigenvalue weighted by molar-refractivity contribution is 8.57. The first-order chi connectivity index (χ1) is 22.8. The number of ether oxygens (including phenoxy) is 3. The zero-order valence-electron chi connectivity index (χ0n) is 31.2. The number of aliphatic hydroxyl groups is 3. The van der Waals surface area contributed by atoms with Gasteiger partial charge in [0, 0.05) is 56.7 Å². The smallest absolute Gasteiger partial charge is 0.0900 e. The van der Waals surface area contributed by atoms with Crippen LogP contribution in [0.5, 0.6) is 0 Å². The molecule has 1 aliphatic heterocycles. The molecule has 12 heteroatoms. The Hall–Kier alpha value is -0.0900. The average Bonchev–Trinajstić information content (AvgIpc) is 3.64. The highest BCUT2D eigenvalue weighted by Crippen LogP contribution is 2.91. The Morgan fingerprint density at radius 3 is 1.65 bits per heavy atom. The molecule has 48 heavy (non-hydrogen) atoms. The quantitative estimate of drug-likeness (QED) is 0.0318. The summed E-state index contributed by atoms with van der Waals surface area (Å²) >= 11 is 0. The normalized spacial score (nSPS) is 21.1. The lowest BCUT2D eigenvalue weighted by Gasteiger charge is -2.50. The number of hydrogen-bond donors (Lipinski definition) is 7. The maximum atomic E-state index is 10.8. The van der Waals surface area contributed by atoms with Crippen molar-refractivity contribution in [3.8, 4) is 0 Å². The van der Waals surface area contributed by atoms with Crippen LogP contribution in [0.15, 0.2) is 0 Å². The molecule has 1 aliphatic rings. The summed E-state index contributed by atoms with van der Waals surface area (Å²) in [6, 6.07) is 0. The van der Waals surface area contributed by atoms with Crippen LogP contribution in [0, 0.1) is 11.8 Å². The van der Waals surface area contributed by atoms with Gasteiger partial charge in [-0.15, -0.1) is 0 Å². The first-order valence-electron chi connectivity index (χ1n) is 19.3. The van der Waals surface area contributed by atoms with E-state index in [4.69, 9.17) is 14.2 Å². The lowest BCUT2D eigenvalue weighted by Crippen LogP contribution is -2.41. The van der Waals surface area contributed by atoms with Crippen molar-refractivity contribution in [3.05, 3.63) is 0 Å². The van der Waals surface area contributed by atoms with E-state index in [2.05, 4.69) is 37.9 Å². The van der Waals surface area contributed by atoms with E-state index >= 15 is 0 Å². The Balaban J connectivity index is 2.32. The van der Waals surface area contributed by atoms with Crippen LogP contribution in [-0.2, 0) is 14.2 Å². The SMILES string of the molecule is CCCCC(CC)COCC(O)CN(CCCCCCNCC(O)COCCCS1(O)(O)(O)CC1)CC(O)COCC(CC)CCCC. The van der Waals surface area contributed by atoms with E-state index in [1.54, 1.807) is 0 Å². The number of nitrogens with zero attached hydrogens (tertiary/aromatic N) is 1. The van der Waals surface area contributed by atoms with Crippen molar-refractivity contribution in [1.29, 1.82) is 0 Å². The maximum absolute atomic E-state index is 10.8. The van der Waals surface area contributed by atoms with Crippen molar-refractivity contribution in [2.24, 2.45) is 11.8 Å². The minimum Gasteiger partial charge on any atom is -0.389 e. The minimum absolute atomic E-state index is 0.0483. The van der Waals surface area contributed by atoms with Gasteiger partial charge < -0.3 is 48.5 Å². The monoisotopic (exact) mass is 715 g/mol. The number of aliphatic hydroxyl groups excluding tert-OH is 3. The minimum atomic E-state index is -4.66. The number of hydrogen-bond acceptors (Lipinski definition) is 11. The van der Waals surface area contributed by atoms with Crippen molar-refractivity contribution in [2.75, 3.05) is 89.6 Å². The Labute approximate surface area is 293 Å². The van der Waals surface area contributed by atoms with E-state index in [0.717, 1.165) is 64.5 Å². The fourth-order valence-corrected chi connectivity index (χ4v) is 8.60. The molecule has 0 bridgehead atoms. The number of unbranched alkanes of at least 4 members (excludes halogenated alkanes) is 5. The van der Waals surface area contributed by atoms with Gasteiger partial charge in [0.05, 0.1) is 38.1 Å². The topological polar surface area (TPSA) is 164 Å². The molecular weight excluding hydrogens is 636 g/mol. The molecule has 0 aliphatic carbocycles. The van der Waals surface area contributed by atoms with Crippen molar-refractivity contribution < 1.29 is 43.2 Å². The summed E-state index contributed by atoms with van der Waals surface area (Å²) in [5.41, 5.74) is 0. The van der Waals surface area contributed by atoms with Crippen LogP contribution in [0.1, 0.15) is 111 Å². The molecule has 0 aromatic carbocycles. The zero-order valence-corrected chi connectivity index (χ0v) is 32.1. The Bertz CT molecular complexity index is 760. The van der Waals surface area contributed by atoms with Crippen LogP contribution in [0.3, 0.4) is 0 Å². The molecule has 0 spiro atoms. The van der Waals surface area contributed by atoms with E-state index in [1.165, 1.54) is 25.7 Å². The summed E-state index contributed by atoms with van der Waals surface area (Å²) in [6.45, 7) is 14.1. The standard InChI is InChI=1S/C36H78N2O9S/c1-5-9-16-32(7-3)27-46-30-35(40)25-38(26-36(41)31-47-28-33(8-4)17-10-6-2)19-14-12-11-13-18-37-24-34(39)29-45-20-15-21-48(42,43,44)22-23-48/h32-37,39-44H,5-31H2,1-4H3. The molecule has 1 fully saturated rings. The fourth-order valence-electron chi connectivity index (χ4n) is 5.92. The molecule has 1 heterocycles. The molecular formula is C36H78N2O9S. The van der Waals surface area contributed by atoms with Crippen molar-refractivity contribution >= 4 is 9.14 Å². The van der Waals surface area contributed by atoms with Crippen LogP contribution >= 0.6 is 9.14 Å². The molecule has 0 aromatic rings. The van der Waals surface area contributed by atoms with Crippen LogP contribution in [-0.4, -0.2) is 142 Å². The second-order valence-corrected chi connectivity index (χ2v) is 20.1.